The van der Waals surface area contributed by atoms with Gasteiger partial charge in [-0.1, -0.05) is 45.0 Å². The van der Waals surface area contributed by atoms with Crippen LogP contribution in [0.5, 0.6) is 0 Å². The van der Waals surface area contributed by atoms with Gasteiger partial charge in [0.2, 0.25) is 0 Å². The first kappa shape index (κ1) is 16.5. The van der Waals surface area contributed by atoms with E-state index in [1.54, 1.807) is 0 Å². The summed E-state index contributed by atoms with van der Waals surface area (Å²) in [6.45, 7) is 6.11. The van der Waals surface area contributed by atoms with Gasteiger partial charge in [0.15, 0.2) is 0 Å². The molecule has 0 bridgehead atoms. The van der Waals surface area contributed by atoms with Crippen LogP contribution >= 0.6 is 0 Å². The standard InChI is InChI=1S/C18H19NO4/c1-18(2,3)13-9-4-5-10-14(13)19-15-11(16(20)21)7-6-8-12(15)17(22)23/h4-10,19H,1-3H3,(H,20,21)(H,22,23). The van der Waals surface area contributed by atoms with Crippen LogP contribution in [-0.2, 0) is 5.41 Å². The van der Waals surface area contributed by atoms with Gasteiger partial charge in [0.05, 0.1) is 16.8 Å². The van der Waals surface area contributed by atoms with Crippen molar-refractivity contribution in [2.75, 3.05) is 5.32 Å². The van der Waals surface area contributed by atoms with E-state index in [9.17, 15) is 19.8 Å². The van der Waals surface area contributed by atoms with Crippen molar-refractivity contribution in [3.05, 3.63) is 59.2 Å². The number of anilines is 2. The molecular formula is C18H19NO4. The molecule has 0 aliphatic carbocycles. The molecule has 5 heteroatoms. The van der Waals surface area contributed by atoms with E-state index in [0.717, 1.165) is 5.56 Å². The summed E-state index contributed by atoms with van der Waals surface area (Å²) in [6.07, 6.45) is 0. The number of carbonyl (C=O) groups is 2. The van der Waals surface area contributed by atoms with Crippen molar-refractivity contribution in [3.63, 3.8) is 0 Å². The van der Waals surface area contributed by atoms with Gasteiger partial charge in [-0.05, 0) is 29.2 Å². The largest absolute Gasteiger partial charge is 0.478 e. The van der Waals surface area contributed by atoms with Gasteiger partial charge >= 0.3 is 11.9 Å². The van der Waals surface area contributed by atoms with E-state index in [4.69, 9.17) is 0 Å². The van der Waals surface area contributed by atoms with Crippen LogP contribution in [0.15, 0.2) is 42.5 Å². The molecule has 0 fully saturated rings. The fourth-order valence-electron chi connectivity index (χ4n) is 2.42. The van der Waals surface area contributed by atoms with E-state index in [1.165, 1.54) is 18.2 Å². The highest BCUT2D eigenvalue weighted by Crippen LogP contribution is 2.33. The van der Waals surface area contributed by atoms with Crippen molar-refractivity contribution < 1.29 is 19.8 Å². The maximum Gasteiger partial charge on any atom is 0.337 e. The molecule has 2 aromatic rings. The summed E-state index contributed by atoms with van der Waals surface area (Å²) >= 11 is 0. The highest BCUT2D eigenvalue weighted by Gasteiger charge is 2.22. The van der Waals surface area contributed by atoms with Crippen molar-refractivity contribution in [1.29, 1.82) is 0 Å². The molecule has 0 saturated heterocycles. The number of nitrogens with one attached hydrogen (secondary N) is 1. The molecule has 0 heterocycles. The number of rotatable bonds is 4. The molecule has 120 valence electrons. The molecule has 0 saturated carbocycles. The fraction of sp³-hybridized carbons (Fsp3) is 0.222. The van der Waals surface area contributed by atoms with Crippen molar-refractivity contribution >= 4 is 23.3 Å². The summed E-state index contributed by atoms with van der Waals surface area (Å²) in [5.74, 6) is -2.35. The first-order valence-corrected chi connectivity index (χ1v) is 7.18. The van der Waals surface area contributed by atoms with Crippen LogP contribution in [0.25, 0.3) is 0 Å². The Bertz CT molecular complexity index is 728. The molecule has 23 heavy (non-hydrogen) atoms. The Morgan fingerprint density at radius 1 is 0.870 bits per heavy atom. The third-order valence-electron chi connectivity index (χ3n) is 3.52. The molecule has 3 N–H and O–H groups in total. The van der Waals surface area contributed by atoms with E-state index in [0.29, 0.717) is 5.69 Å². The van der Waals surface area contributed by atoms with E-state index < -0.39 is 11.9 Å². The molecular weight excluding hydrogens is 294 g/mol. The zero-order valence-electron chi connectivity index (χ0n) is 13.3. The highest BCUT2D eigenvalue weighted by molar-refractivity contribution is 6.04. The van der Waals surface area contributed by atoms with Crippen molar-refractivity contribution in [1.82, 2.24) is 0 Å². The molecule has 5 nitrogen and oxygen atoms in total. The van der Waals surface area contributed by atoms with Gasteiger partial charge in [0, 0.05) is 5.69 Å². The second-order valence-corrected chi connectivity index (χ2v) is 6.26. The number of benzene rings is 2. The summed E-state index contributed by atoms with van der Waals surface area (Å²) < 4.78 is 0. The lowest BCUT2D eigenvalue weighted by Gasteiger charge is -2.24. The van der Waals surface area contributed by atoms with Gasteiger partial charge < -0.3 is 15.5 Å². The number of hydrogen-bond donors (Lipinski definition) is 3. The summed E-state index contributed by atoms with van der Waals surface area (Å²) in [7, 11) is 0. The molecule has 0 unspecified atom stereocenters. The van der Waals surface area contributed by atoms with Gasteiger partial charge in [0.25, 0.3) is 0 Å². The second kappa shape index (κ2) is 6.12. The van der Waals surface area contributed by atoms with Gasteiger partial charge in [-0.15, -0.1) is 0 Å². The zero-order valence-corrected chi connectivity index (χ0v) is 13.3. The first-order valence-electron chi connectivity index (χ1n) is 7.18. The van der Waals surface area contributed by atoms with Crippen LogP contribution < -0.4 is 5.32 Å². The Balaban J connectivity index is 2.61. The average Bonchev–Trinajstić information content (AvgIpc) is 2.46. The maximum atomic E-state index is 11.4. The molecule has 0 spiro atoms. The Hall–Kier alpha value is -2.82. The Morgan fingerprint density at radius 3 is 1.87 bits per heavy atom. The molecule has 0 radical (unpaired) electrons. The van der Waals surface area contributed by atoms with Crippen molar-refractivity contribution in [3.8, 4) is 0 Å². The van der Waals surface area contributed by atoms with Crippen molar-refractivity contribution in [2.24, 2.45) is 0 Å². The van der Waals surface area contributed by atoms with E-state index in [1.807, 2.05) is 45.0 Å². The summed E-state index contributed by atoms with van der Waals surface area (Å²) in [4.78, 5) is 22.9. The number of aromatic carboxylic acids is 2. The van der Waals surface area contributed by atoms with Gasteiger partial charge in [-0.2, -0.15) is 0 Å². The molecule has 0 atom stereocenters. The fourth-order valence-corrected chi connectivity index (χ4v) is 2.42. The predicted molar refractivity (Wildman–Crippen MR) is 88.8 cm³/mol. The Kier molecular flexibility index (Phi) is 4.40. The van der Waals surface area contributed by atoms with Crippen LogP contribution in [-0.4, -0.2) is 22.2 Å². The van der Waals surface area contributed by atoms with Gasteiger partial charge in [-0.25, -0.2) is 9.59 Å². The Morgan fingerprint density at radius 2 is 1.39 bits per heavy atom. The average molecular weight is 313 g/mol. The van der Waals surface area contributed by atoms with Crippen LogP contribution in [0.3, 0.4) is 0 Å². The van der Waals surface area contributed by atoms with Crippen LogP contribution in [0.4, 0.5) is 11.4 Å². The lowest BCUT2D eigenvalue weighted by Crippen LogP contribution is -2.15. The number of hydrogen-bond acceptors (Lipinski definition) is 3. The SMILES string of the molecule is CC(C)(C)c1ccccc1Nc1c(C(=O)O)cccc1C(=O)O. The second-order valence-electron chi connectivity index (χ2n) is 6.26. The smallest absolute Gasteiger partial charge is 0.337 e. The van der Waals surface area contributed by atoms with E-state index in [-0.39, 0.29) is 22.2 Å². The number of carboxylic acids is 2. The Labute approximate surface area is 134 Å². The molecule has 0 aliphatic heterocycles. The number of para-hydroxylation sites is 2. The van der Waals surface area contributed by atoms with Gasteiger partial charge in [-0.3, -0.25) is 0 Å². The zero-order chi connectivity index (χ0) is 17.2. The summed E-state index contributed by atoms with van der Waals surface area (Å²) in [5.41, 5.74) is 1.42. The maximum absolute atomic E-state index is 11.4. The molecule has 0 amide bonds. The lowest BCUT2D eigenvalue weighted by atomic mass is 9.85. The summed E-state index contributed by atoms with van der Waals surface area (Å²) in [6, 6.07) is 11.7. The number of carboxylic acid groups (broad SMARTS) is 2. The monoisotopic (exact) mass is 313 g/mol. The predicted octanol–water partition coefficient (Wildman–Crippen LogP) is 4.12. The highest BCUT2D eigenvalue weighted by atomic mass is 16.4. The molecule has 2 rings (SSSR count). The first-order chi connectivity index (χ1) is 10.7. The van der Waals surface area contributed by atoms with Gasteiger partial charge in [0.1, 0.15) is 0 Å². The minimum absolute atomic E-state index is 0.0754. The lowest BCUT2D eigenvalue weighted by molar-refractivity contribution is 0.0696. The van der Waals surface area contributed by atoms with Crippen LogP contribution in [0.1, 0.15) is 47.1 Å². The molecule has 0 aliphatic rings. The van der Waals surface area contributed by atoms with Crippen LogP contribution in [0, 0.1) is 0 Å². The minimum atomic E-state index is -1.18. The van der Waals surface area contributed by atoms with E-state index in [2.05, 4.69) is 5.32 Å². The third kappa shape index (κ3) is 3.51. The third-order valence-corrected chi connectivity index (χ3v) is 3.52. The van der Waals surface area contributed by atoms with E-state index >= 15 is 0 Å². The molecule has 2 aromatic carbocycles. The van der Waals surface area contributed by atoms with Crippen LogP contribution in [0.2, 0.25) is 0 Å². The normalized spacial score (nSPS) is 11.1. The minimum Gasteiger partial charge on any atom is -0.478 e. The summed E-state index contributed by atoms with van der Waals surface area (Å²) in [5, 5.41) is 21.7. The topological polar surface area (TPSA) is 86.6 Å². The molecule has 0 aromatic heterocycles. The van der Waals surface area contributed by atoms with Crippen molar-refractivity contribution in [2.45, 2.75) is 26.2 Å². The quantitative estimate of drug-likeness (QED) is 0.790.